The molecule has 0 aliphatic heterocycles. The van der Waals surface area contributed by atoms with Crippen molar-refractivity contribution >= 4 is 28.9 Å². The zero-order chi connectivity index (χ0) is 16.5. The fourth-order valence-electron chi connectivity index (χ4n) is 1.44. The van der Waals surface area contributed by atoms with Gasteiger partial charge in [-0.1, -0.05) is 11.6 Å². The molecule has 0 aliphatic carbocycles. The third-order valence-corrected chi connectivity index (χ3v) is 2.70. The molecule has 0 saturated carbocycles. The second kappa shape index (κ2) is 8.28. The number of hydrogen-bond donors (Lipinski definition) is 2. The summed E-state index contributed by atoms with van der Waals surface area (Å²) in [6, 6.07) is 9.47. The van der Waals surface area contributed by atoms with Crippen LogP contribution in [0.4, 0.5) is 11.4 Å². The summed E-state index contributed by atoms with van der Waals surface area (Å²) in [4.78, 5) is 11.5. The SMILES string of the molecule is COCC(=O)Nc1ccc(Cl)c(NC(C#N)=C(C#N)C#N)c1. The van der Waals surface area contributed by atoms with Crippen molar-refractivity contribution in [3.05, 3.63) is 34.5 Å². The molecule has 0 radical (unpaired) electrons. The summed E-state index contributed by atoms with van der Waals surface area (Å²) >= 11 is 5.99. The molecule has 1 aromatic carbocycles. The predicted molar refractivity (Wildman–Crippen MR) is 79.4 cm³/mol. The van der Waals surface area contributed by atoms with Crippen molar-refractivity contribution in [3.63, 3.8) is 0 Å². The first-order valence-electron chi connectivity index (χ1n) is 5.85. The number of nitrogens with one attached hydrogen (secondary N) is 2. The van der Waals surface area contributed by atoms with E-state index in [1.165, 1.54) is 19.2 Å². The van der Waals surface area contributed by atoms with Crippen LogP contribution in [0, 0.1) is 34.0 Å². The van der Waals surface area contributed by atoms with Gasteiger partial charge in [-0.15, -0.1) is 0 Å². The van der Waals surface area contributed by atoms with Gasteiger partial charge < -0.3 is 15.4 Å². The molecular weight excluding hydrogens is 306 g/mol. The molecule has 0 fully saturated rings. The highest BCUT2D eigenvalue weighted by Crippen LogP contribution is 2.27. The molecule has 0 aliphatic rings. The topological polar surface area (TPSA) is 122 Å². The maximum absolute atomic E-state index is 11.5. The van der Waals surface area contributed by atoms with Crippen molar-refractivity contribution in [2.24, 2.45) is 0 Å². The van der Waals surface area contributed by atoms with Gasteiger partial charge in [0.1, 0.15) is 30.5 Å². The molecule has 1 aromatic rings. The minimum Gasteiger partial charge on any atom is -0.375 e. The first-order chi connectivity index (χ1) is 10.5. The van der Waals surface area contributed by atoms with Gasteiger partial charge in [0.05, 0.1) is 10.7 Å². The molecule has 0 spiro atoms. The standard InChI is InChI=1S/C14H10ClN5O2/c1-22-8-14(21)19-10-2-3-11(15)12(4-10)20-13(7-18)9(5-16)6-17/h2-4,20H,8H2,1H3,(H,19,21). The van der Waals surface area contributed by atoms with Crippen molar-refractivity contribution in [3.8, 4) is 18.2 Å². The number of ether oxygens (including phenoxy) is 1. The van der Waals surface area contributed by atoms with Crippen LogP contribution < -0.4 is 10.6 Å². The predicted octanol–water partition coefficient (Wildman–Crippen LogP) is 2.16. The summed E-state index contributed by atoms with van der Waals surface area (Å²) in [5.41, 5.74) is 0.0952. The van der Waals surface area contributed by atoms with E-state index in [2.05, 4.69) is 10.6 Å². The van der Waals surface area contributed by atoms with E-state index in [1.54, 1.807) is 24.3 Å². The molecule has 8 heteroatoms. The smallest absolute Gasteiger partial charge is 0.250 e. The molecule has 2 N–H and O–H groups in total. The Labute approximate surface area is 132 Å². The van der Waals surface area contributed by atoms with E-state index in [0.29, 0.717) is 5.69 Å². The summed E-state index contributed by atoms with van der Waals surface area (Å²) in [6.45, 7) is -0.109. The van der Waals surface area contributed by atoms with Crippen LogP contribution in [0.5, 0.6) is 0 Å². The fourth-order valence-corrected chi connectivity index (χ4v) is 1.61. The van der Waals surface area contributed by atoms with Gasteiger partial charge in [0.15, 0.2) is 5.57 Å². The zero-order valence-corrected chi connectivity index (χ0v) is 12.2. The minimum absolute atomic E-state index is 0.109. The Hall–Kier alpha value is -3.05. The molecule has 0 saturated heterocycles. The number of nitrogens with zero attached hydrogens (tertiary/aromatic N) is 3. The number of nitriles is 3. The number of halogens is 1. The lowest BCUT2D eigenvalue weighted by Crippen LogP contribution is -2.17. The lowest BCUT2D eigenvalue weighted by atomic mass is 10.2. The Kier molecular flexibility index (Phi) is 6.40. The van der Waals surface area contributed by atoms with Crippen molar-refractivity contribution in [1.82, 2.24) is 0 Å². The Bertz CT molecular complexity index is 721. The molecule has 22 heavy (non-hydrogen) atoms. The second-order valence-electron chi connectivity index (χ2n) is 3.89. The number of hydrogen-bond acceptors (Lipinski definition) is 6. The van der Waals surface area contributed by atoms with Crippen LogP contribution in [0.1, 0.15) is 0 Å². The van der Waals surface area contributed by atoms with Crippen molar-refractivity contribution in [2.45, 2.75) is 0 Å². The largest absolute Gasteiger partial charge is 0.375 e. The monoisotopic (exact) mass is 315 g/mol. The van der Waals surface area contributed by atoms with E-state index in [-0.39, 0.29) is 34.5 Å². The summed E-state index contributed by atoms with van der Waals surface area (Å²) in [7, 11) is 1.39. The number of benzene rings is 1. The van der Waals surface area contributed by atoms with E-state index in [4.69, 9.17) is 32.1 Å². The number of allylic oxidation sites excluding steroid dienone is 2. The molecule has 0 unspecified atom stereocenters. The molecule has 7 nitrogen and oxygen atoms in total. The molecule has 1 amide bonds. The first-order valence-corrected chi connectivity index (χ1v) is 6.23. The maximum atomic E-state index is 11.5. The number of amides is 1. The summed E-state index contributed by atoms with van der Waals surface area (Å²) < 4.78 is 4.70. The van der Waals surface area contributed by atoms with E-state index in [1.807, 2.05) is 0 Å². The van der Waals surface area contributed by atoms with Gasteiger partial charge in [-0.25, -0.2) is 0 Å². The Morgan fingerprint density at radius 1 is 1.23 bits per heavy atom. The van der Waals surface area contributed by atoms with Crippen LogP contribution in [-0.2, 0) is 9.53 Å². The lowest BCUT2D eigenvalue weighted by Gasteiger charge is -2.10. The third kappa shape index (κ3) is 4.50. The van der Waals surface area contributed by atoms with Gasteiger partial charge in [0.2, 0.25) is 5.91 Å². The summed E-state index contributed by atoms with van der Waals surface area (Å²) in [5.74, 6) is -0.360. The Balaban J connectivity index is 3.09. The average Bonchev–Trinajstić information content (AvgIpc) is 2.50. The minimum atomic E-state index is -0.368. The summed E-state index contributed by atoms with van der Waals surface area (Å²) in [5, 5.41) is 32.0. The number of carbonyl (C=O) groups excluding carboxylic acids is 1. The Morgan fingerprint density at radius 3 is 2.45 bits per heavy atom. The van der Waals surface area contributed by atoms with Gasteiger partial charge in [0.25, 0.3) is 0 Å². The first kappa shape index (κ1) is 17.0. The zero-order valence-electron chi connectivity index (χ0n) is 11.5. The van der Waals surface area contributed by atoms with E-state index >= 15 is 0 Å². The number of methoxy groups -OCH3 is 1. The highest BCUT2D eigenvalue weighted by atomic mass is 35.5. The van der Waals surface area contributed by atoms with Crippen LogP contribution in [0.3, 0.4) is 0 Å². The highest BCUT2D eigenvalue weighted by Gasteiger charge is 2.10. The molecule has 0 heterocycles. The second-order valence-corrected chi connectivity index (χ2v) is 4.29. The lowest BCUT2D eigenvalue weighted by molar-refractivity contribution is -0.119. The van der Waals surface area contributed by atoms with Crippen LogP contribution >= 0.6 is 11.6 Å². The van der Waals surface area contributed by atoms with Gasteiger partial charge in [0, 0.05) is 12.8 Å². The Morgan fingerprint density at radius 2 is 1.91 bits per heavy atom. The van der Waals surface area contributed by atoms with Crippen LogP contribution in [-0.4, -0.2) is 19.6 Å². The fraction of sp³-hybridized carbons (Fsp3) is 0.143. The highest BCUT2D eigenvalue weighted by molar-refractivity contribution is 6.33. The van der Waals surface area contributed by atoms with Gasteiger partial charge in [-0.3, -0.25) is 4.79 Å². The van der Waals surface area contributed by atoms with Crippen LogP contribution in [0.15, 0.2) is 29.5 Å². The van der Waals surface area contributed by atoms with E-state index < -0.39 is 0 Å². The number of anilines is 2. The average molecular weight is 316 g/mol. The molecule has 0 aromatic heterocycles. The normalized spacial score (nSPS) is 8.86. The molecule has 1 rings (SSSR count). The van der Waals surface area contributed by atoms with Gasteiger partial charge in [-0.05, 0) is 18.2 Å². The summed E-state index contributed by atoms with van der Waals surface area (Å²) in [6.07, 6.45) is 0. The van der Waals surface area contributed by atoms with E-state index in [0.717, 1.165) is 0 Å². The molecular formula is C14H10ClN5O2. The van der Waals surface area contributed by atoms with Crippen LogP contribution in [0.25, 0.3) is 0 Å². The van der Waals surface area contributed by atoms with Gasteiger partial charge >= 0.3 is 0 Å². The van der Waals surface area contributed by atoms with Crippen molar-refractivity contribution in [1.29, 1.82) is 15.8 Å². The molecule has 110 valence electrons. The maximum Gasteiger partial charge on any atom is 0.250 e. The van der Waals surface area contributed by atoms with Crippen molar-refractivity contribution < 1.29 is 9.53 Å². The quantitative estimate of drug-likeness (QED) is 0.803. The number of carbonyl (C=O) groups is 1. The van der Waals surface area contributed by atoms with Crippen LogP contribution in [0.2, 0.25) is 5.02 Å². The molecule has 0 atom stereocenters. The van der Waals surface area contributed by atoms with E-state index in [9.17, 15) is 4.79 Å². The van der Waals surface area contributed by atoms with Crippen molar-refractivity contribution in [2.75, 3.05) is 24.4 Å². The molecule has 0 bridgehead atoms. The third-order valence-electron chi connectivity index (χ3n) is 2.37. The number of rotatable bonds is 5. The van der Waals surface area contributed by atoms with Gasteiger partial charge in [-0.2, -0.15) is 15.8 Å².